The van der Waals surface area contributed by atoms with Crippen LogP contribution in [0.3, 0.4) is 0 Å². The maximum Gasteiger partial charge on any atom is 0.271 e. The van der Waals surface area contributed by atoms with Crippen LogP contribution in [0.25, 0.3) is 0 Å². The molecule has 2 amide bonds. The van der Waals surface area contributed by atoms with E-state index in [-0.39, 0.29) is 18.4 Å². The SMILES string of the molecule is CC1(C)Oc2ccc(Cl)cc2N(CC(=O)NCCN)C1=O. The lowest BCUT2D eigenvalue weighted by atomic mass is 10.0. The molecule has 1 aliphatic rings. The van der Waals surface area contributed by atoms with Gasteiger partial charge in [-0.2, -0.15) is 0 Å². The number of nitrogens with two attached hydrogens (primary N) is 1. The van der Waals surface area contributed by atoms with E-state index >= 15 is 0 Å². The predicted molar refractivity (Wildman–Crippen MR) is 80.6 cm³/mol. The number of nitrogens with one attached hydrogen (secondary N) is 1. The molecule has 0 saturated heterocycles. The van der Waals surface area contributed by atoms with Crippen molar-refractivity contribution in [2.45, 2.75) is 19.4 Å². The molecule has 1 heterocycles. The zero-order valence-corrected chi connectivity index (χ0v) is 12.7. The third-order valence-corrected chi connectivity index (χ3v) is 3.34. The summed E-state index contributed by atoms with van der Waals surface area (Å²) in [6.45, 7) is 3.94. The molecular weight excluding hydrogens is 294 g/mol. The largest absolute Gasteiger partial charge is 0.476 e. The standard InChI is InChI=1S/C14H18ClN3O3/c1-14(2)13(20)18(8-12(19)17-6-5-16)10-7-9(15)3-4-11(10)21-14/h3-4,7H,5-6,8,16H2,1-2H3,(H,17,19). The van der Waals surface area contributed by atoms with Crippen molar-refractivity contribution >= 4 is 29.1 Å². The molecule has 114 valence electrons. The van der Waals surface area contributed by atoms with Crippen LogP contribution >= 0.6 is 11.6 Å². The minimum Gasteiger partial charge on any atom is -0.476 e. The molecule has 6 nitrogen and oxygen atoms in total. The molecule has 2 rings (SSSR count). The molecule has 0 radical (unpaired) electrons. The van der Waals surface area contributed by atoms with Crippen LogP contribution in [-0.2, 0) is 9.59 Å². The second kappa shape index (κ2) is 5.91. The van der Waals surface area contributed by atoms with E-state index in [9.17, 15) is 9.59 Å². The van der Waals surface area contributed by atoms with Gasteiger partial charge in [0.2, 0.25) is 5.91 Å². The van der Waals surface area contributed by atoms with Crippen LogP contribution in [0.1, 0.15) is 13.8 Å². The van der Waals surface area contributed by atoms with Gasteiger partial charge in [0.05, 0.1) is 5.69 Å². The molecule has 1 aromatic carbocycles. The molecule has 0 spiro atoms. The molecule has 0 unspecified atom stereocenters. The van der Waals surface area contributed by atoms with Gasteiger partial charge in [-0.1, -0.05) is 11.6 Å². The van der Waals surface area contributed by atoms with E-state index in [0.29, 0.717) is 29.5 Å². The van der Waals surface area contributed by atoms with Gasteiger partial charge < -0.3 is 15.8 Å². The summed E-state index contributed by atoms with van der Waals surface area (Å²) in [6, 6.07) is 4.98. The molecule has 21 heavy (non-hydrogen) atoms. The number of halogens is 1. The van der Waals surface area contributed by atoms with Crippen molar-refractivity contribution in [1.82, 2.24) is 5.32 Å². The Labute approximate surface area is 128 Å². The number of carbonyl (C=O) groups is 2. The number of hydrogen-bond donors (Lipinski definition) is 2. The van der Waals surface area contributed by atoms with E-state index in [1.165, 1.54) is 4.90 Å². The van der Waals surface area contributed by atoms with Gasteiger partial charge in [0.25, 0.3) is 5.91 Å². The zero-order valence-electron chi connectivity index (χ0n) is 12.0. The summed E-state index contributed by atoms with van der Waals surface area (Å²) in [7, 11) is 0. The van der Waals surface area contributed by atoms with Crippen LogP contribution in [0.15, 0.2) is 18.2 Å². The van der Waals surface area contributed by atoms with Crippen molar-refractivity contribution in [3.8, 4) is 5.75 Å². The lowest BCUT2D eigenvalue weighted by Crippen LogP contribution is -2.55. The Morgan fingerprint density at radius 3 is 2.86 bits per heavy atom. The van der Waals surface area contributed by atoms with E-state index in [2.05, 4.69) is 5.32 Å². The average molecular weight is 312 g/mol. The lowest BCUT2D eigenvalue weighted by Gasteiger charge is -2.38. The Kier molecular flexibility index (Phi) is 4.39. The van der Waals surface area contributed by atoms with Gasteiger partial charge in [-0.05, 0) is 32.0 Å². The minimum atomic E-state index is -1.03. The van der Waals surface area contributed by atoms with Gasteiger partial charge in [0.1, 0.15) is 12.3 Å². The van der Waals surface area contributed by atoms with Crippen LogP contribution in [0, 0.1) is 0 Å². The molecule has 0 fully saturated rings. The predicted octanol–water partition coefficient (Wildman–Crippen LogP) is 0.919. The van der Waals surface area contributed by atoms with E-state index in [4.69, 9.17) is 22.1 Å². The van der Waals surface area contributed by atoms with Crippen molar-refractivity contribution in [1.29, 1.82) is 0 Å². The first kappa shape index (κ1) is 15.6. The van der Waals surface area contributed by atoms with Crippen LogP contribution in [-0.4, -0.2) is 37.0 Å². The minimum absolute atomic E-state index is 0.0982. The van der Waals surface area contributed by atoms with E-state index in [0.717, 1.165) is 0 Å². The van der Waals surface area contributed by atoms with Crippen molar-refractivity contribution in [3.05, 3.63) is 23.2 Å². The van der Waals surface area contributed by atoms with Gasteiger partial charge in [0, 0.05) is 18.1 Å². The molecule has 0 aromatic heterocycles. The second-order valence-corrected chi connectivity index (χ2v) is 5.69. The average Bonchev–Trinajstić information content (AvgIpc) is 2.42. The fourth-order valence-corrected chi connectivity index (χ4v) is 2.28. The first-order chi connectivity index (χ1) is 9.85. The number of hydrogen-bond acceptors (Lipinski definition) is 4. The maximum absolute atomic E-state index is 12.5. The van der Waals surface area contributed by atoms with Gasteiger partial charge in [-0.25, -0.2) is 0 Å². The van der Waals surface area contributed by atoms with Crippen LogP contribution in [0.4, 0.5) is 5.69 Å². The summed E-state index contributed by atoms with van der Waals surface area (Å²) in [5, 5.41) is 3.11. The summed E-state index contributed by atoms with van der Waals surface area (Å²) >= 11 is 5.97. The number of nitrogens with zero attached hydrogens (tertiary/aromatic N) is 1. The van der Waals surface area contributed by atoms with E-state index in [1.807, 2.05) is 0 Å². The summed E-state index contributed by atoms with van der Waals surface area (Å²) in [5.74, 6) is -0.0479. The van der Waals surface area contributed by atoms with Crippen LogP contribution in [0.5, 0.6) is 5.75 Å². The highest BCUT2D eigenvalue weighted by Gasteiger charge is 2.41. The van der Waals surface area contributed by atoms with Crippen LogP contribution in [0.2, 0.25) is 5.02 Å². The zero-order chi connectivity index (χ0) is 15.6. The fraction of sp³-hybridized carbons (Fsp3) is 0.429. The Bertz CT molecular complexity index is 575. The highest BCUT2D eigenvalue weighted by Crippen LogP contribution is 2.39. The molecule has 1 aliphatic heterocycles. The quantitative estimate of drug-likeness (QED) is 0.866. The summed E-state index contributed by atoms with van der Waals surface area (Å²) < 4.78 is 5.68. The Morgan fingerprint density at radius 2 is 2.19 bits per heavy atom. The number of ether oxygens (including phenoxy) is 1. The third-order valence-electron chi connectivity index (χ3n) is 3.11. The number of rotatable bonds is 4. The highest BCUT2D eigenvalue weighted by atomic mass is 35.5. The maximum atomic E-state index is 12.5. The lowest BCUT2D eigenvalue weighted by molar-refractivity contribution is -0.134. The van der Waals surface area contributed by atoms with Gasteiger partial charge in [-0.15, -0.1) is 0 Å². The number of amides is 2. The molecule has 1 aromatic rings. The topological polar surface area (TPSA) is 84.7 Å². The molecule has 7 heteroatoms. The molecule has 3 N–H and O–H groups in total. The monoisotopic (exact) mass is 311 g/mol. The molecule has 0 bridgehead atoms. The van der Waals surface area contributed by atoms with Gasteiger partial charge in [0.15, 0.2) is 5.60 Å². The summed E-state index contributed by atoms with van der Waals surface area (Å²) in [6.07, 6.45) is 0. The normalized spacial score (nSPS) is 16.2. The number of fused-ring (bicyclic) bond motifs is 1. The van der Waals surface area contributed by atoms with Crippen molar-refractivity contribution in [2.24, 2.45) is 5.73 Å². The van der Waals surface area contributed by atoms with E-state index in [1.54, 1.807) is 32.0 Å². The number of anilines is 1. The summed E-state index contributed by atoms with van der Waals surface area (Å²) in [4.78, 5) is 25.8. The Balaban J connectivity index is 2.31. The molecule has 0 aliphatic carbocycles. The third kappa shape index (κ3) is 3.28. The Morgan fingerprint density at radius 1 is 1.48 bits per heavy atom. The van der Waals surface area contributed by atoms with Crippen molar-refractivity contribution in [3.63, 3.8) is 0 Å². The van der Waals surface area contributed by atoms with Crippen molar-refractivity contribution in [2.75, 3.05) is 24.5 Å². The first-order valence-electron chi connectivity index (χ1n) is 6.62. The van der Waals surface area contributed by atoms with E-state index < -0.39 is 5.60 Å². The number of benzene rings is 1. The Hall–Kier alpha value is -1.79. The van der Waals surface area contributed by atoms with Crippen molar-refractivity contribution < 1.29 is 14.3 Å². The summed E-state index contributed by atoms with van der Waals surface area (Å²) in [5.41, 5.74) is 4.81. The molecule has 0 saturated carbocycles. The molecule has 0 atom stereocenters. The van der Waals surface area contributed by atoms with Gasteiger partial charge in [-0.3, -0.25) is 14.5 Å². The smallest absolute Gasteiger partial charge is 0.271 e. The van der Waals surface area contributed by atoms with Crippen LogP contribution < -0.4 is 20.7 Å². The van der Waals surface area contributed by atoms with Gasteiger partial charge >= 0.3 is 0 Å². The fourth-order valence-electron chi connectivity index (χ4n) is 2.11. The number of carbonyl (C=O) groups excluding carboxylic acids is 2. The highest BCUT2D eigenvalue weighted by molar-refractivity contribution is 6.31. The molecular formula is C14H18ClN3O3. The second-order valence-electron chi connectivity index (χ2n) is 5.25. The first-order valence-corrected chi connectivity index (χ1v) is 7.00.